The van der Waals surface area contributed by atoms with Crippen LogP contribution in [-0.2, 0) is 4.79 Å². The topological polar surface area (TPSA) is 99.0 Å². The van der Waals surface area contributed by atoms with E-state index >= 15 is 0 Å². The van der Waals surface area contributed by atoms with Gasteiger partial charge >= 0.3 is 6.03 Å². The number of likely N-dealkylation sites (tertiary alicyclic amines) is 3. The second-order valence-electron chi connectivity index (χ2n) is 9.80. The van der Waals surface area contributed by atoms with Gasteiger partial charge in [-0.25, -0.2) is 4.79 Å². The number of thiophene rings is 1. The fraction of sp³-hybridized carbons (Fsp3) is 0.560. The van der Waals surface area contributed by atoms with Crippen LogP contribution in [0.2, 0.25) is 0 Å². The third kappa shape index (κ3) is 4.05. The Kier molecular flexibility index (Phi) is 6.24. The number of hydrogen-bond donors (Lipinski definition) is 2. The van der Waals surface area contributed by atoms with Gasteiger partial charge in [-0.05, 0) is 51.6 Å². The van der Waals surface area contributed by atoms with Gasteiger partial charge in [-0.15, -0.1) is 11.3 Å². The van der Waals surface area contributed by atoms with Crippen molar-refractivity contribution in [2.45, 2.75) is 45.1 Å². The largest absolute Gasteiger partial charge is 0.351 e. The summed E-state index contributed by atoms with van der Waals surface area (Å²) in [4.78, 5) is 44.6. The summed E-state index contributed by atoms with van der Waals surface area (Å²) in [7, 11) is 0. The predicted molar refractivity (Wildman–Crippen MR) is 134 cm³/mol. The van der Waals surface area contributed by atoms with Crippen LogP contribution in [0.5, 0.6) is 0 Å². The van der Waals surface area contributed by atoms with Gasteiger partial charge in [-0.2, -0.15) is 0 Å². The number of nitrogens with two attached hydrogens (primary N) is 1. The van der Waals surface area contributed by atoms with E-state index in [1.165, 1.54) is 11.3 Å². The lowest BCUT2D eigenvalue weighted by atomic mass is 9.77. The number of amides is 4. The van der Waals surface area contributed by atoms with Crippen molar-refractivity contribution in [1.29, 1.82) is 0 Å². The normalized spacial score (nSPS) is 24.3. The molecule has 34 heavy (non-hydrogen) atoms. The fourth-order valence-electron chi connectivity index (χ4n) is 6.10. The summed E-state index contributed by atoms with van der Waals surface area (Å²) in [5.74, 6) is 0.283. The molecule has 4 amide bonds. The zero-order chi connectivity index (χ0) is 23.9. The number of carbonyl (C=O) groups excluding carboxylic acids is 3. The Bertz CT molecular complexity index is 1110. The highest BCUT2D eigenvalue weighted by Gasteiger charge is 2.49. The van der Waals surface area contributed by atoms with Crippen molar-refractivity contribution >= 4 is 44.3 Å². The predicted octanol–water partition coefficient (Wildman–Crippen LogP) is 3.33. The highest BCUT2D eigenvalue weighted by atomic mass is 32.1. The van der Waals surface area contributed by atoms with E-state index < -0.39 is 6.03 Å². The van der Waals surface area contributed by atoms with Crippen molar-refractivity contribution in [1.82, 2.24) is 14.7 Å². The van der Waals surface area contributed by atoms with Crippen LogP contribution < -0.4 is 11.1 Å². The molecule has 3 N–H and O–H groups in total. The summed E-state index contributed by atoms with van der Waals surface area (Å²) in [5, 5.41) is 4.01. The van der Waals surface area contributed by atoms with Crippen LogP contribution in [0.3, 0.4) is 0 Å². The molecule has 3 fully saturated rings. The zero-order valence-electron chi connectivity index (χ0n) is 19.7. The summed E-state index contributed by atoms with van der Waals surface area (Å²) < 4.78 is 0.949. The molecule has 1 atom stereocenters. The van der Waals surface area contributed by atoms with Crippen molar-refractivity contribution in [3.8, 4) is 0 Å². The molecule has 0 bridgehead atoms. The van der Waals surface area contributed by atoms with Crippen LogP contribution >= 0.6 is 11.3 Å². The lowest BCUT2D eigenvalue weighted by Gasteiger charge is -2.45. The molecule has 1 spiro atoms. The maximum Gasteiger partial charge on any atom is 0.317 e. The minimum Gasteiger partial charge on any atom is -0.351 e. The van der Waals surface area contributed by atoms with Crippen LogP contribution in [0.1, 0.15) is 49.4 Å². The number of fused-ring (bicyclic) bond motifs is 1. The molecule has 3 saturated heterocycles. The van der Waals surface area contributed by atoms with Gasteiger partial charge in [0.1, 0.15) is 5.00 Å². The fourth-order valence-corrected chi connectivity index (χ4v) is 7.20. The molecule has 3 aliphatic rings. The van der Waals surface area contributed by atoms with E-state index in [1.54, 1.807) is 0 Å². The maximum absolute atomic E-state index is 13.6. The van der Waals surface area contributed by atoms with E-state index in [4.69, 9.17) is 5.73 Å². The minimum absolute atomic E-state index is 0.0562. The van der Waals surface area contributed by atoms with Crippen LogP contribution in [-0.4, -0.2) is 77.9 Å². The van der Waals surface area contributed by atoms with Gasteiger partial charge in [-0.1, -0.05) is 18.2 Å². The molecule has 2 aromatic rings. The molecular formula is C25H33N5O3S. The van der Waals surface area contributed by atoms with Gasteiger partial charge in [0.25, 0.3) is 5.91 Å². The maximum atomic E-state index is 13.6. The first-order chi connectivity index (χ1) is 16.4. The summed E-state index contributed by atoms with van der Waals surface area (Å²) >= 11 is 1.38. The first-order valence-electron chi connectivity index (χ1n) is 12.3. The zero-order valence-corrected chi connectivity index (χ0v) is 20.5. The van der Waals surface area contributed by atoms with E-state index in [-0.39, 0.29) is 11.3 Å². The van der Waals surface area contributed by atoms with Gasteiger partial charge in [0.2, 0.25) is 5.91 Å². The number of urea groups is 1. The Morgan fingerprint density at radius 1 is 1.15 bits per heavy atom. The van der Waals surface area contributed by atoms with E-state index in [9.17, 15) is 14.4 Å². The molecule has 1 aromatic heterocycles. The Labute approximate surface area is 204 Å². The number of rotatable bonds is 4. The van der Waals surface area contributed by atoms with Gasteiger partial charge in [0.15, 0.2) is 0 Å². The number of benzene rings is 1. The number of carbonyl (C=O) groups is 3. The number of primary amides is 1. The lowest BCUT2D eigenvalue weighted by molar-refractivity contribution is -0.139. The van der Waals surface area contributed by atoms with Gasteiger partial charge in [0.05, 0.1) is 11.0 Å². The van der Waals surface area contributed by atoms with Crippen LogP contribution in [0.4, 0.5) is 9.80 Å². The standard InChI is InChI=1S/C25H33N5O3S/c1-2-28-15-11-25(23(28)32)10-5-12-30(16-25)17-8-13-29(14-9-17)22(31)20-18-6-3-4-7-19(18)34-21(20)27-24(26)33/h3-4,6-7,17H,2,5,8-16H2,1H3,(H3,26,27,33). The average Bonchev–Trinajstić information content (AvgIpc) is 3.35. The molecular weight excluding hydrogens is 450 g/mol. The average molecular weight is 484 g/mol. The highest BCUT2D eigenvalue weighted by Crippen LogP contribution is 2.42. The number of nitrogens with one attached hydrogen (secondary N) is 1. The minimum atomic E-state index is -0.665. The van der Waals surface area contributed by atoms with Crippen molar-refractivity contribution in [2.24, 2.45) is 11.1 Å². The quantitative estimate of drug-likeness (QED) is 0.697. The van der Waals surface area contributed by atoms with E-state index in [2.05, 4.69) is 17.1 Å². The molecule has 4 heterocycles. The first kappa shape index (κ1) is 23.1. The Morgan fingerprint density at radius 2 is 1.91 bits per heavy atom. The summed E-state index contributed by atoms with van der Waals surface area (Å²) in [6.07, 6.45) is 4.82. The van der Waals surface area contributed by atoms with Crippen molar-refractivity contribution in [3.63, 3.8) is 0 Å². The van der Waals surface area contributed by atoms with Crippen LogP contribution in [0, 0.1) is 5.41 Å². The molecule has 182 valence electrons. The summed E-state index contributed by atoms with van der Waals surface area (Å²) in [6.45, 7) is 6.96. The van der Waals surface area contributed by atoms with E-state index in [0.29, 0.717) is 35.6 Å². The van der Waals surface area contributed by atoms with Crippen molar-refractivity contribution < 1.29 is 14.4 Å². The highest BCUT2D eigenvalue weighted by molar-refractivity contribution is 7.23. The third-order valence-electron chi connectivity index (χ3n) is 7.90. The smallest absolute Gasteiger partial charge is 0.317 e. The monoisotopic (exact) mass is 483 g/mol. The summed E-state index contributed by atoms with van der Waals surface area (Å²) in [6, 6.07) is 7.43. The Morgan fingerprint density at radius 3 is 2.62 bits per heavy atom. The molecule has 3 aliphatic heterocycles. The third-order valence-corrected chi connectivity index (χ3v) is 8.99. The molecule has 9 heteroatoms. The molecule has 0 radical (unpaired) electrons. The molecule has 1 unspecified atom stereocenters. The number of piperidine rings is 2. The second kappa shape index (κ2) is 9.19. The molecule has 1 aromatic carbocycles. The lowest BCUT2D eigenvalue weighted by Crippen LogP contribution is -2.54. The Hall–Kier alpha value is -2.65. The van der Waals surface area contributed by atoms with Gasteiger partial charge in [-0.3, -0.25) is 19.8 Å². The Balaban J connectivity index is 1.28. The first-order valence-corrected chi connectivity index (χ1v) is 13.1. The van der Waals surface area contributed by atoms with Gasteiger partial charge in [0, 0.05) is 48.9 Å². The van der Waals surface area contributed by atoms with Crippen LogP contribution in [0.25, 0.3) is 10.1 Å². The van der Waals surface area contributed by atoms with Crippen molar-refractivity contribution in [2.75, 3.05) is 44.6 Å². The number of hydrogen-bond acceptors (Lipinski definition) is 5. The molecule has 5 rings (SSSR count). The molecule has 8 nitrogen and oxygen atoms in total. The second-order valence-corrected chi connectivity index (χ2v) is 10.9. The number of nitrogens with zero attached hydrogens (tertiary/aromatic N) is 3. The molecule has 0 aliphatic carbocycles. The van der Waals surface area contributed by atoms with Crippen LogP contribution in [0.15, 0.2) is 24.3 Å². The van der Waals surface area contributed by atoms with Gasteiger partial charge < -0.3 is 15.5 Å². The summed E-state index contributed by atoms with van der Waals surface area (Å²) in [5.41, 5.74) is 5.70. The number of anilines is 1. The van der Waals surface area contributed by atoms with Crippen molar-refractivity contribution in [3.05, 3.63) is 29.8 Å². The van der Waals surface area contributed by atoms with E-state index in [1.807, 2.05) is 34.1 Å². The SMILES string of the molecule is CCN1CCC2(CCCN(C3CCN(C(=O)c4c(NC(N)=O)sc5ccccc45)CC3)C2)C1=O. The van der Waals surface area contributed by atoms with E-state index in [0.717, 1.165) is 68.4 Å². The molecule has 0 saturated carbocycles.